The maximum absolute atomic E-state index is 13.7. The van der Waals surface area contributed by atoms with Crippen molar-refractivity contribution < 1.29 is 28.2 Å². The van der Waals surface area contributed by atoms with Crippen molar-refractivity contribution in [3.8, 4) is 0 Å². The van der Waals surface area contributed by atoms with Crippen LogP contribution in [0.25, 0.3) is 0 Å². The van der Waals surface area contributed by atoms with Crippen molar-refractivity contribution in [2.45, 2.75) is 20.3 Å². The first-order valence-electron chi connectivity index (χ1n) is 8.47. The lowest BCUT2D eigenvalue weighted by molar-refractivity contribution is -0.115. The number of carbonyl (C=O) groups is 3. The van der Waals surface area contributed by atoms with E-state index in [1.165, 1.54) is 36.4 Å². The fourth-order valence-corrected chi connectivity index (χ4v) is 2.38. The number of hydrogen-bond donors (Lipinski definition) is 1. The van der Waals surface area contributed by atoms with Crippen LogP contribution >= 0.6 is 0 Å². The van der Waals surface area contributed by atoms with Gasteiger partial charge in [-0.05, 0) is 43.7 Å². The van der Waals surface area contributed by atoms with Crippen LogP contribution in [0.3, 0.4) is 0 Å². The molecule has 142 valence electrons. The van der Waals surface area contributed by atoms with E-state index in [4.69, 9.17) is 9.47 Å². The molecule has 6 nitrogen and oxygen atoms in total. The number of benzene rings is 2. The van der Waals surface area contributed by atoms with Gasteiger partial charge in [-0.1, -0.05) is 18.2 Å². The quantitative estimate of drug-likeness (QED) is 0.753. The third-order valence-corrected chi connectivity index (χ3v) is 3.55. The molecule has 1 N–H and O–H groups in total. The fraction of sp³-hybridized carbons (Fsp3) is 0.250. The highest BCUT2D eigenvalue weighted by Crippen LogP contribution is 2.18. The van der Waals surface area contributed by atoms with Gasteiger partial charge in [0, 0.05) is 5.69 Å². The second-order valence-electron chi connectivity index (χ2n) is 5.56. The Balaban J connectivity index is 2.25. The Morgan fingerprint density at radius 2 is 1.48 bits per heavy atom. The second-order valence-corrected chi connectivity index (χ2v) is 5.56. The summed E-state index contributed by atoms with van der Waals surface area (Å²) in [5, 5.41) is 2.57. The Labute approximate surface area is 156 Å². The van der Waals surface area contributed by atoms with Crippen LogP contribution in [-0.4, -0.2) is 31.1 Å². The van der Waals surface area contributed by atoms with Gasteiger partial charge in [0.1, 0.15) is 5.82 Å². The molecule has 2 aromatic rings. The van der Waals surface area contributed by atoms with Gasteiger partial charge in [0.05, 0.1) is 30.8 Å². The maximum Gasteiger partial charge on any atom is 0.338 e. The van der Waals surface area contributed by atoms with Crippen molar-refractivity contribution in [2.75, 3.05) is 18.5 Å². The van der Waals surface area contributed by atoms with E-state index in [1.54, 1.807) is 19.9 Å². The molecule has 2 aromatic carbocycles. The molecule has 0 bridgehead atoms. The third kappa shape index (κ3) is 5.64. The van der Waals surface area contributed by atoms with Crippen molar-refractivity contribution in [1.29, 1.82) is 0 Å². The lowest BCUT2D eigenvalue weighted by Crippen LogP contribution is -2.17. The average Bonchev–Trinajstić information content (AvgIpc) is 2.63. The van der Waals surface area contributed by atoms with E-state index in [-0.39, 0.29) is 42.0 Å². The minimum absolute atomic E-state index is 0.101. The molecule has 0 unspecified atom stereocenters. The number of amides is 1. The Hall–Kier alpha value is -3.22. The molecule has 1 amide bonds. The Morgan fingerprint density at radius 1 is 0.926 bits per heavy atom. The summed E-state index contributed by atoms with van der Waals surface area (Å²) in [6, 6.07) is 10.1. The molecule has 0 aromatic heterocycles. The summed E-state index contributed by atoms with van der Waals surface area (Å²) in [4.78, 5) is 36.3. The van der Waals surface area contributed by atoms with Gasteiger partial charge in [-0.3, -0.25) is 4.79 Å². The summed E-state index contributed by atoms with van der Waals surface area (Å²) < 4.78 is 23.6. The number of hydrogen-bond acceptors (Lipinski definition) is 5. The third-order valence-electron chi connectivity index (χ3n) is 3.55. The second kappa shape index (κ2) is 9.47. The van der Waals surface area contributed by atoms with Gasteiger partial charge in [0.2, 0.25) is 5.91 Å². The van der Waals surface area contributed by atoms with Gasteiger partial charge in [0.25, 0.3) is 0 Å². The fourth-order valence-electron chi connectivity index (χ4n) is 2.38. The first kappa shape index (κ1) is 20.1. The van der Waals surface area contributed by atoms with E-state index in [2.05, 4.69) is 5.32 Å². The zero-order valence-electron chi connectivity index (χ0n) is 15.1. The van der Waals surface area contributed by atoms with Gasteiger partial charge in [-0.15, -0.1) is 0 Å². The summed E-state index contributed by atoms with van der Waals surface area (Å²) in [5.41, 5.74) is 0.652. The van der Waals surface area contributed by atoms with Crippen molar-refractivity contribution in [3.63, 3.8) is 0 Å². The smallest absolute Gasteiger partial charge is 0.338 e. The van der Waals surface area contributed by atoms with E-state index in [9.17, 15) is 18.8 Å². The van der Waals surface area contributed by atoms with E-state index in [0.29, 0.717) is 0 Å². The number of carbonyl (C=O) groups excluding carboxylic acids is 3. The summed E-state index contributed by atoms with van der Waals surface area (Å²) in [5.74, 6) is -2.24. The first-order valence-corrected chi connectivity index (χ1v) is 8.47. The van der Waals surface area contributed by atoms with Gasteiger partial charge < -0.3 is 14.8 Å². The Morgan fingerprint density at radius 3 is 2.00 bits per heavy atom. The van der Waals surface area contributed by atoms with Gasteiger partial charge >= 0.3 is 11.9 Å². The monoisotopic (exact) mass is 373 g/mol. The number of halogens is 1. The Bertz CT molecular complexity index is 814. The largest absolute Gasteiger partial charge is 0.462 e. The zero-order valence-corrected chi connectivity index (χ0v) is 15.1. The molecule has 0 atom stereocenters. The highest BCUT2D eigenvalue weighted by Gasteiger charge is 2.16. The van der Waals surface area contributed by atoms with Crippen LogP contribution in [0.2, 0.25) is 0 Å². The van der Waals surface area contributed by atoms with Crippen LogP contribution in [0.5, 0.6) is 0 Å². The molecule has 0 aliphatic rings. The maximum atomic E-state index is 13.7. The number of anilines is 1. The van der Waals surface area contributed by atoms with Gasteiger partial charge in [-0.25, -0.2) is 14.0 Å². The van der Waals surface area contributed by atoms with Gasteiger partial charge in [-0.2, -0.15) is 0 Å². The molecule has 0 spiro atoms. The van der Waals surface area contributed by atoms with Crippen LogP contribution in [-0.2, 0) is 20.7 Å². The summed E-state index contributed by atoms with van der Waals surface area (Å²) in [6.45, 7) is 3.64. The topological polar surface area (TPSA) is 81.7 Å². The van der Waals surface area contributed by atoms with Crippen LogP contribution < -0.4 is 5.32 Å². The molecule has 27 heavy (non-hydrogen) atoms. The highest BCUT2D eigenvalue weighted by molar-refractivity contribution is 5.99. The van der Waals surface area contributed by atoms with Crippen molar-refractivity contribution >= 4 is 23.5 Å². The molecule has 0 fully saturated rings. The number of rotatable bonds is 7. The summed E-state index contributed by atoms with van der Waals surface area (Å²) in [6.07, 6.45) is -0.189. The molecular weight excluding hydrogens is 353 g/mol. The first-order chi connectivity index (χ1) is 12.9. The van der Waals surface area contributed by atoms with Crippen molar-refractivity contribution in [1.82, 2.24) is 0 Å². The van der Waals surface area contributed by atoms with Crippen molar-refractivity contribution in [3.05, 3.63) is 65.0 Å². The van der Waals surface area contributed by atoms with Crippen LogP contribution in [0, 0.1) is 5.82 Å². The van der Waals surface area contributed by atoms with Crippen LogP contribution in [0.15, 0.2) is 42.5 Å². The molecule has 2 rings (SSSR count). The van der Waals surface area contributed by atoms with E-state index in [0.717, 1.165) is 0 Å². The predicted molar refractivity (Wildman–Crippen MR) is 97.1 cm³/mol. The lowest BCUT2D eigenvalue weighted by Gasteiger charge is -2.11. The molecular formula is C20H20FNO5. The minimum atomic E-state index is -0.631. The van der Waals surface area contributed by atoms with E-state index >= 15 is 0 Å². The summed E-state index contributed by atoms with van der Waals surface area (Å²) >= 11 is 0. The average molecular weight is 373 g/mol. The summed E-state index contributed by atoms with van der Waals surface area (Å²) in [7, 11) is 0. The Kier molecular flexibility index (Phi) is 7.05. The zero-order chi connectivity index (χ0) is 19.8. The predicted octanol–water partition coefficient (Wildman–Crippen LogP) is 3.36. The molecule has 0 aliphatic heterocycles. The van der Waals surface area contributed by atoms with E-state index in [1.807, 2.05) is 0 Å². The van der Waals surface area contributed by atoms with Gasteiger partial charge in [0.15, 0.2) is 0 Å². The number of nitrogens with one attached hydrogen (secondary N) is 1. The molecule has 0 radical (unpaired) electrons. The van der Waals surface area contributed by atoms with Crippen molar-refractivity contribution in [2.24, 2.45) is 0 Å². The molecule has 0 saturated carbocycles. The van der Waals surface area contributed by atoms with E-state index < -0.39 is 23.7 Å². The molecule has 0 heterocycles. The minimum Gasteiger partial charge on any atom is -0.462 e. The lowest BCUT2D eigenvalue weighted by atomic mass is 10.1. The SMILES string of the molecule is CCOC(=O)c1cc(NC(=O)Cc2ccccc2F)cc(C(=O)OCC)c1. The number of esters is 2. The molecule has 0 saturated heterocycles. The number of ether oxygens (including phenoxy) is 2. The van der Waals surface area contributed by atoms with Crippen LogP contribution in [0.1, 0.15) is 40.1 Å². The normalized spacial score (nSPS) is 10.2. The molecule has 0 aliphatic carbocycles. The van der Waals surface area contributed by atoms with Crippen LogP contribution in [0.4, 0.5) is 10.1 Å². The highest BCUT2D eigenvalue weighted by atomic mass is 19.1. The molecule has 7 heteroatoms. The standard InChI is InChI=1S/C20H20FNO5/c1-3-26-19(24)14-9-15(20(25)27-4-2)11-16(10-14)22-18(23)12-13-7-5-6-8-17(13)21/h5-11H,3-4,12H2,1-2H3,(H,22,23).